The van der Waals surface area contributed by atoms with Crippen LogP contribution in [-0.2, 0) is 9.53 Å². The Bertz CT molecular complexity index is 188. The molecule has 0 aromatic carbocycles. The van der Waals surface area contributed by atoms with Crippen molar-refractivity contribution in [3.05, 3.63) is 0 Å². The molecule has 1 rings (SSSR count). The van der Waals surface area contributed by atoms with E-state index in [1.807, 2.05) is 0 Å². The summed E-state index contributed by atoms with van der Waals surface area (Å²) in [7, 11) is 0.752. The lowest BCUT2D eigenvalue weighted by Crippen LogP contribution is -2.49. The van der Waals surface area contributed by atoms with E-state index < -0.39 is 8.24 Å². The maximum absolute atomic E-state index is 10.9. The van der Waals surface area contributed by atoms with Crippen LogP contribution in [0.4, 0.5) is 0 Å². The Labute approximate surface area is 74.8 Å². The summed E-state index contributed by atoms with van der Waals surface area (Å²) in [6.07, 6.45) is 1.49. The second kappa shape index (κ2) is 3.18. The van der Waals surface area contributed by atoms with Gasteiger partial charge in [-0.1, -0.05) is 19.6 Å². The van der Waals surface area contributed by atoms with Crippen LogP contribution in [0.1, 0.15) is 12.8 Å². The van der Waals surface area contributed by atoms with E-state index in [2.05, 4.69) is 31.3 Å². The molecule has 0 N–H and O–H groups in total. The van der Waals surface area contributed by atoms with Crippen molar-refractivity contribution < 1.29 is 9.53 Å². The van der Waals surface area contributed by atoms with Gasteiger partial charge >= 0.3 is 5.97 Å². The van der Waals surface area contributed by atoms with Gasteiger partial charge in [-0.15, -0.1) is 0 Å². The molecule has 1 aliphatic rings. The van der Waals surface area contributed by atoms with Crippen LogP contribution in [0.3, 0.4) is 0 Å². The highest BCUT2D eigenvalue weighted by Gasteiger charge is 2.33. The van der Waals surface area contributed by atoms with Crippen molar-refractivity contribution in [2.75, 3.05) is 7.05 Å². The molecule has 12 heavy (non-hydrogen) atoms. The molecule has 0 saturated carbocycles. The summed E-state index contributed by atoms with van der Waals surface area (Å²) in [4.78, 5) is 10.9. The molecule has 3 nitrogen and oxygen atoms in total. The van der Waals surface area contributed by atoms with Crippen molar-refractivity contribution in [3.63, 3.8) is 0 Å². The van der Waals surface area contributed by atoms with Gasteiger partial charge in [0, 0.05) is 6.42 Å². The Morgan fingerprint density at radius 1 is 1.50 bits per heavy atom. The summed E-state index contributed by atoms with van der Waals surface area (Å²) in [6, 6.07) is 0. The number of rotatable bonds is 2. The SMILES string of the molecule is CN(C1CCC(=O)O1)[Si](C)(C)C. The summed E-state index contributed by atoms with van der Waals surface area (Å²) < 4.78 is 7.41. The van der Waals surface area contributed by atoms with Gasteiger partial charge in [-0.25, -0.2) is 0 Å². The van der Waals surface area contributed by atoms with Crippen LogP contribution in [-0.4, -0.2) is 32.0 Å². The Morgan fingerprint density at radius 2 is 2.08 bits per heavy atom. The standard InChI is InChI=1S/C8H17NO2Si/c1-9(12(2,3)4)7-5-6-8(10)11-7/h7H,5-6H2,1-4H3. The van der Waals surface area contributed by atoms with Gasteiger partial charge in [0.15, 0.2) is 0 Å². The number of nitrogens with zero attached hydrogens (tertiary/aromatic N) is 1. The van der Waals surface area contributed by atoms with Crippen molar-refractivity contribution in [3.8, 4) is 0 Å². The normalized spacial score (nSPS) is 24.8. The highest BCUT2D eigenvalue weighted by Crippen LogP contribution is 2.21. The summed E-state index contributed by atoms with van der Waals surface area (Å²) in [6.45, 7) is 6.75. The Hall–Kier alpha value is -0.353. The zero-order valence-electron chi connectivity index (χ0n) is 8.26. The topological polar surface area (TPSA) is 29.5 Å². The van der Waals surface area contributed by atoms with Gasteiger partial charge in [0.05, 0.1) is 6.42 Å². The average molecular weight is 187 g/mol. The number of esters is 1. The van der Waals surface area contributed by atoms with Crippen molar-refractivity contribution >= 4 is 14.2 Å². The van der Waals surface area contributed by atoms with E-state index in [0.29, 0.717) is 6.42 Å². The quantitative estimate of drug-likeness (QED) is 0.483. The molecule has 0 radical (unpaired) electrons. The molecular formula is C8H17NO2Si. The highest BCUT2D eigenvalue weighted by atomic mass is 28.3. The Morgan fingerprint density at radius 3 is 2.42 bits per heavy atom. The Balaban J connectivity index is 2.54. The predicted octanol–water partition coefficient (Wildman–Crippen LogP) is 1.42. The fraction of sp³-hybridized carbons (Fsp3) is 0.875. The first-order chi connectivity index (χ1) is 5.41. The molecule has 0 aromatic heterocycles. The molecular weight excluding hydrogens is 170 g/mol. The third-order valence-electron chi connectivity index (χ3n) is 2.35. The lowest BCUT2D eigenvalue weighted by molar-refractivity contribution is -0.144. The fourth-order valence-corrected chi connectivity index (χ4v) is 2.26. The van der Waals surface area contributed by atoms with Crippen molar-refractivity contribution in [2.45, 2.75) is 38.7 Å². The number of carbonyl (C=O) groups is 1. The van der Waals surface area contributed by atoms with Crippen LogP contribution in [0.15, 0.2) is 0 Å². The first-order valence-electron chi connectivity index (χ1n) is 4.33. The monoisotopic (exact) mass is 187 g/mol. The molecule has 0 amide bonds. The van der Waals surface area contributed by atoms with E-state index >= 15 is 0 Å². The summed E-state index contributed by atoms with van der Waals surface area (Å²) in [5.41, 5.74) is 0. The maximum atomic E-state index is 10.9. The molecule has 4 heteroatoms. The molecule has 0 aromatic rings. The molecule has 1 unspecified atom stereocenters. The number of hydrogen-bond acceptors (Lipinski definition) is 3. The smallest absolute Gasteiger partial charge is 0.307 e. The second-order valence-electron chi connectivity index (χ2n) is 4.26. The zero-order valence-corrected chi connectivity index (χ0v) is 9.26. The van der Waals surface area contributed by atoms with E-state index in [-0.39, 0.29) is 12.2 Å². The molecule has 0 aliphatic carbocycles. The van der Waals surface area contributed by atoms with Gasteiger partial charge in [0.25, 0.3) is 0 Å². The molecule has 70 valence electrons. The van der Waals surface area contributed by atoms with E-state index in [4.69, 9.17) is 4.74 Å². The van der Waals surface area contributed by atoms with Crippen molar-refractivity contribution in [2.24, 2.45) is 0 Å². The predicted molar refractivity (Wildman–Crippen MR) is 50.2 cm³/mol. The minimum atomic E-state index is -1.30. The van der Waals surface area contributed by atoms with Gasteiger partial charge in [0.1, 0.15) is 14.5 Å². The summed E-state index contributed by atoms with van der Waals surface area (Å²) in [5, 5.41) is 0. The lowest BCUT2D eigenvalue weighted by atomic mass is 10.3. The molecule has 0 bridgehead atoms. The van der Waals surface area contributed by atoms with Crippen LogP contribution in [0, 0.1) is 0 Å². The van der Waals surface area contributed by atoms with Crippen LogP contribution in [0.5, 0.6) is 0 Å². The zero-order chi connectivity index (χ0) is 9.35. The maximum Gasteiger partial charge on any atom is 0.307 e. The first kappa shape index (κ1) is 9.73. The van der Waals surface area contributed by atoms with Crippen LogP contribution in [0.25, 0.3) is 0 Å². The second-order valence-corrected chi connectivity index (χ2v) is 9.31. The minimum absolute atomic E-state index is 0.0455. The van der Waals surface area contributed by atoms with Crippen LogP contribution >= 0.6 is 0 Å². The van der Waals surface area contributed by atoms with Gasteiger partial charge < -0.3 is 4.74 Å². The van der Waals surface area contributed by atoms with E-state index in [1.165, 1.54) is 0 Å². The molecule has 1 atom stereocenters. The highest BCUT2D eigenvalue weighted by molar-refractivity contribution is 6.73. The van der Waals surface area contributed by atoms with Crippen LogP contribution < -0.4 is 0 Å². The third kappa shape index (κ3) is 2.07. The van der Waals surface area contributed by atoms with Gasteiger partial charge in [-0.05, 0) is 7.05 Å². The molecule has 1 aliphatic heterocycles. The Kier molecular flexibility index (Phi) is 2.58. The largest absolute Gasteiger partial charge is 0.447 e. The molecule has 1 fully saturated rings. The summed E-state index contributed by atoms with van der Waals surface area (Å²) in [5.74, 6) is -0.0508. The van der Waals surface area contributed by atoms with Crippen molar-refractivity contribution in [1.82, 2.24) is 4.57 Å². The minimum Gasteiger partial charge on any atom is -0.447 e. The fourth-order valence-electron chi connectivity index (χ4n) is 1.22. The number of carbonyl (C=O) groups excluding carboxylic acids is 1. The third-order valence-corrected chi connectivity index (χ3v) is 4.76. The summed E-state index contributed by atoms with van der Waals surface area (Å²) >= 11 is 0. The number of hydrogen-bond donors (Lipinski definition) is 0. The van der Waals surface area contributed by atoms with E-state index in [0.717, 1.165) is 6.42 Å². The van der Waals surface area contributed by atoms with Crippen LogP contribution in [0.2, 0.25) is 19.6 Å². The van der Waals surface area contributed by atoms with E-state index in [1.54, 1.807) is 0 Å². The average Bonchev–Trinajstić information content (AvgIpc) is 2.32. The number of cyclic esters (lactones) is 1. The molecule has 0 spiro atoms. The van der Waals surface area contributed by atoms with Gasteiger partial charge in [-0.3, -0.25) is 9.36 Å². The molecule has 1 heterocycles. The van der Waals surface area contributed by atoms with Gasteiger partial charge in [-0.2, -0.15) is 0 Å². The van der Waals surface area contributed by atoms with E-state index in [9.17, 15) is 4.79 Å². The molecule has 1 saturated heterocycles. The number of ether oxygens (including phenoxy) is 1. The lowest BCUT2D eigenvalue weighted by Gasteiger charge is -2.33. The first-order valence-corrected chi connectivity index (χ1v) is 7.78. The van der Waals surface area contributed by atoms with Gasteiger partial charge in [0.2, 0.25) is 0 Å². The van der Waals surface area contributed by atoms with Crippen molar-refractivity contribution in [1.29, 1.82) is 0 Å².